The van der Waals surface area contributed by atoms with Gasteiger partial charge in [-0.1, -0.05) is 18.2 Å². The molecule has 2 nitrogen and oxygen atoms in total. The molecule has 0 aliphatic rings. The van der Waals surface area contributed by atoms with Gasteiger partial charge in [0, 0.05) is 0 Å². The molecule has 0 aliphatic heterocycles. The Balaban J connectivity index is 0.000000496. The van der Waals surface area contributed by atoms with Crippen molar-refractivity contribution >= 4 is 13.2 Å². The molecule has 3 heteroatoms. The fourth-order valence-corrected chi connectivity index (χ4v) is 8.26. The summed E-state index contributed by atoms with van der Waals surface area (Å²) >= 11 is 0. The van der Waals surface area contributed by atoms with E-state index in [2.05, 4.69) is 27.7 Å². The second kappa shape index (κ2) is 14.5. The number of hydrogen-bond donors (Lipinski definition) is 1. The van der Waals surface area contributed by atoms with Crippen LogP contribution in [0.1, 0.15) is 76.6 Å². The molecular weight excluding hydrogens is 315 g/mol. The molecule has 140 valence electrons. The fourth-order valence-electron chi connectivity index (χ4n) is 3.14. The van der Waals surface area contributed by atoms with Crippen molar-refractivity contribution in [2.75, 3.05) is 24.6 Å². The van der Waals surface area contributed by atoms with Gasteiger partial charge in [-0.25, -0.2) is 4.79 Å². The maximum atomic E-state index is 10.2. The molecule has 1 N–H and O–H groups in total. The number of unbranched alkanes of at least 4 members (excludes halogenated alkanes) is 3. The van der Waals surface area contributed by atoms with Crippen LogP contribution in [-0.4, -0.2) is 35.7 Å². The number of carboxylic acid groups (broad SMARTS) is 1. The summed E-state index contributed by atoms with van der Waals surface area (Å²) in [5.41, 5.74) is 0.331. The van der Waals surface area contributed by atoms with Crippen molar-refractivity contribution in [1.29, 1.82) is 0 Å². The molecule has 0 radical (unpaired) electrons. The summed E-state index contributed by atoms with van der Waals surface area (Å²) in [5, 5.41) is 8.38. The molecule has 1 aromatic carbocycles. The average Bonchev–Trinajstić information content (AvgIpc) is 2.63. The maximum absolute atomic E-state index is 10.2. The average molecular weight is 355 g/mol. The van der Waals surface area contributed by atoms with Crippen molar-refractivity contribution in [3.05, 3.63) is 35.9 Å². The Morgan fingerprint density at radius 1 is 0.833 bits per heavy atom. The normalized spacial score (nSPS) is 11.5. The van der Waals surface area contributed by atoms with Gasteiger partial charge in [0.05, 0.1) is 5.56 Å². The first kappa shape index (κ1) is 23.1. The smallest absolute Gasteiger partial charge is 0.335 e. The molecular formula is C21H39O2P. The van der Waals surface area contributed by atoms with E-state index in [0.29, 0.717) is 5.56 Å². The largest absolute Gasteiger partial charge is 0.478 e. The zero-order chi connectivity index (χ0) is 18.3. The van der Waals surface area contributed by atoms with Crippen LogP contribution in [0.5, 0.6) is 0 Å². The van der Waals surface area contributed by atoms with Gasteiger partial charge in [-0.15, -0.1) is 0 Å². The Labute approximate surface area is 150 Å². The van der Waals surface area contributed by atoms with Crippen molar-refractivity contribution in [2.24, 2.45) is 0 Å². The summed E-state index contributed by atoms with van der Waals surface area (Å²) in [5.74, 6) is -0.879. The van der Waals surface area contributed by atoms with Crippen LogP contribution in [0.4, 0.5) is 0 Å². The number of rotatable bonds is 11. The standard InChI is InChI=1S/C14H33P.C7H6O2/c1-5-9-12-15(8-4,13-10-6-2)14-11-7-3;8-7(9)6-4-2-1-3-5-6/h15H,5-14H2,1-4H3;1-5H,(H,8,9). The van der Waals surface area contributed by atoms with E-state index in [1.807, 2.05) is 0 Å². The number of hydrogen-bond acceptors (Lipinski definition) is 1. The summed E-state index contributed by atoms with van der Waals surface area (Å²) in [6, 6.07) is 8.30. The van der Waals surface area contributed by atoms with Crippen LogP contribution < -0.4 is 0 Å². The Bertz CT molecular complexity index is 395. The molecule has 0 aliphatic carbocycles. The van der Waals surface area contributed by atoms with E-state index in [0.717, 1.165) is 0 Å². The van der Waals surface area contributed by atoms with Crippen LogP contribution in [0.3, 0.4) is 0 Å². The number of aromatic carboxylic acids is 1. The summed E-state index contributed by atoms with van der Waals surface area (Å²) in [7, 11) is -0.832. The quantitative estimate of drug-likeness (QED) is 0.458. The monoisotopic (exact) mass is 354 g/mol. The Hall–Kier alpha value is -0.880. The minimum Gasteiger partial charge on any atom is -0.478 e. The fraction of sp³-hybridized carbons (Fsp3) is 0.667. The van der Waals surface area contributed by atoms with Gasteiger partial charge in [0.25, 0.3) is 0 Å². The van der Waals surface area contributed by atoms with Crippen LogP contribution in [-0.2, 0) is 0 Å². The molecule has 1 rings (SSSR count). The van der Waals surface area contributed by atoms with Gasteiger partial charge in [-0.2, -0.15) is 0 Å². The van der Waals surface area contributed by atoms with E-state index in [1.165, 1.54) is 44.7 Å². The Morgan fingerprint density at radius 3 is 1.50 bits per heavy atom. The van der Waals surface area contributed by atoms with Gasteiger partial charge in [0.15, 0.2) is 0 Å². The molecule has 0 bridgehead atoms. The molecule has 0 fully saturated rings. The summed E-state index contributed by atoms with van der Waals surface area (Å²) in [6.07, 6.45) is 15.0. The second-order valence-corrected chi connectivity index (χ2v) is 12.0. The van der Waals surface area contributed by atoms with Crippen LogP contribution in [0.25, 0.3) is 0 Å². The number of benzene rings is 1. The molecule has 1 aromatic rings. The number of carboxylic acids is 1. The first-order valence-electron chi connectivity index (χ1n) is 9.83. The van der Waals surface area contributed by atoms with Crippen LogP contribution in [0.2, 0.25) is 0 Å². The van der Waals surface area contributed by atoms with Gasteiger partial charge in [-0.05, 0) is 12.1 Å². The summed E-state index contributed by atoms with van der Waals surface area (Å²) in [6.45, 7) is 9.49. The van der Waals surface area contributed by atoms with Gasteiger partial charge >= 0.3 is 104 Å². The third kappa shape index (κ3) is 10.1. The van der Waals surface area contributed by atoms with Crippen molar-refractivity contribution in [3.8, 4) is 0 Å². The molecule has 0 saturated heterocycles. The van der Waals surface area contributed by atoms with Gasteiger partial charge in [0.1, 0.15) is 0 Å². The zero-order valence-corrected chi connectivity index (χ0v) is 17.3. The van der Waals surface area contributed by atoms with Crippen LogP contribution in [0.15, 0.2) is 30.3 Å². The summed E-state index contributed by atoms with van der Waals surface area (Å²) < 4.78 is 0. The Morgan fingerprint density at radius 2 is 1.25 bits per heavy atom. The first-order chi connectivity index (χ1) is 11.5. The minimum absolute atomic E-state index is 0.331. The Kier molecular flexibility index (Phi) is 13.9. The van der Waals surface area contributed by atoms with Crippen molar-refractivity contribution in [1.82, 2.24) is 0 Å². The number of carbonyl (C=O) groups is 1. The predicted octanol–water partition coefficient (Wildman–Crippen LogP) is 6.54. The van der Waals surface area contributed by atoms with Gasteiger partial charge in [-0.3, -0.25) is 0 Å². The van der Waals surface area contributed by atoms with Gasteiger partial charge in [0.2, 0.25) is 0 Å². The molecule has 0 saturated carbocycles. The first-order valence-corrected chi connectivity index (χ1v) is 12.7. The van der Waals surface area contributed by atoms with E-state index in [-0.39, 0.29) is 0 Å². The second-order valence-electron chi connectivity index (χ2n) is 6.84. The third-order valence-electron chi connectivity index (χ3n) is 4.95. The molecule has 0 spiro atoms. The van der Waals surface area contributed by atoms with E-state index < -0.39 is 13.2 Å². The van der Waals surface area contributed by atoms with E-state index in [9.17, 15) is 4.79 Å². The molecule has 24 heavy (non-hydrogen) atoms. The van der Waals surface area contributed by atoms with Crippen molar-refractivity contribution in [2.45, 2.75) is 66.2 Å². The third-order valence-corrected chi connectivity index (χ3v) is 10.7. The molecule has 0 heterocycles. The van der Waals surface area contributed by atoms with E-state index >= 15 is 0 Å². The predicted molar refractivity (Wildman–Crippen MR) is 112 cm³/mol. The minimum atomic E-state index is -0.879. The van der Waals surface area contributed by atoms with E-state index in [1.54, 1.807) is 48.8 Å². The molecule has 0 amide bonds. The van der Waals surface area contributed by atoms with Crippen LogP contribution in [0, 0.1) is 0 Å². The van der Waals surface area contributed by atoms with Crippen LogP contribution >= 0.6 is 7.26 Å². The van der Waals surface area contributed by atoms with E-state index in [4.69, 9.17) is 5.11 Å². The topological polar surface area (TPSA) is 37.3 Å². The van der Waals surface area contributed by atoms with Crippen molar-refractivity contribution in [3.63, 3.8) is 0 Å². The SMILES string of the molecule is CCCC[PH](CC)(CCCC)CCCC.O=C(O)c1ccccc1. The maximum Gasteiger partial charge on any atom is 0.335 e. The zero-order valence-electron chi connectivity index (χ0n) is 16.3. The molecule has 0 aromatic heterocycles. The van der Waals surface area contributed by atoms with Gasteiger partial charge < -0.3 is 5.11 Å². The molecule has 0 unspecified atom stereocenters. The van der Waals surface area contributed by atoms with Crippen molar-refractivity contribution < 1.29 is 9.90 Å². The molecule has 0 atom stereocenters. The summed E-state index contributed by atoms with van der Waals surface area (Å²) in [4.78, 5) is 10.2.